The van der Waals surface area contributed by atoms with Crippen molar-refractivity contribution in [1.29, 1.82) is 0 Å². The van der Waals surface area contributed by atoms with E-state index < -0.39 is 0 Å². The largest absolute Gasteiger partial charge is 0.223 e. The molecule has 1 nitrogen and oxygen atoms in total. The van der Waals surface area contributed by atoms with E-state index in [4.69, 9.17) is 11.8 Å². The smallest absolute Gasteiger partial charge is 0.0184 e. The second kappa shape index (κ2) is 2.70. The summed E-state index contributed by atoms with van der Waals surface area (Å²) in [6.45, 7) is 7.40. The van der Waals surface area contributed by atoms with Gasteiger partial charge in [-0.05, 0) is 17.2 Å². The van der Waals surface area contributed by atoms with E-state index in [1.165, 1.54) is 0 Å². The van der Waals surface area contributed by atoms with Crippen LogP contribution in [0, 0.1) is 5.41 Å². The molecule has 50 valence electrons. The van der Waals surface area contributed by atoms with Crippen LogP contribution in [-0.4, -0.2) is 18.0 Å². The molecular weight excluding hydrogens is 122 g/mol. The summed E-state index contributed by atoms with van der Waals surface area (Å²) in [4.78, 5) is 0. The minimum Gasteiger partial charge on any atom is -0.223 e. The van der Waals surface area contributed by atoms with Gasteiger partial charge < -0.3 is 0 Å². The van der Waals surface area contributed by atoms with E-state index in [9.17, 15) is 0 Å². The Balaban J connectivity index is 3.39. The predicted molar refractivity (Wildman–Crippen MR) is 37.9 cm³/mol. The highest BCUT2D eigenvalue weighted by atomic mass is 35.5. The van der Waals surface area contributed by atoms with Crippen molar-refractivity contribution < 1.29 is 0 Å². The van der Waals surface area contributed by atoms with Crippen molar-refractivity contribution in [3.63, 3.8) is 0 Å². The van der Waals surface area contributed by atoms with Crippen LogP contribution in [-0.2, 0) is 0 Å². The van der Waals surface area contributed by atoms with Crippen LogP contribution in [0.5, 0.6) is 0 Å². The third-order valence-corrected chi connectivity index (χ3v) is 0.812. The maximum Gasteiger partial charge on any atom is 0.0184 e. The van der Waals surface area contributed by atoms with Gasteiger partial charge in [0.2, 0.25) is 0 Å². The summed E-state index contributed by atoms with van der Waals surface area (Å²) in [7, 11) is 1.87. The Hall–Kier alpha value is 0.250. The molecule has 0 radical (unpaired) electrons. The molecule has 0 saturated heterocycles. The van der Waals surface area contributed by atoms with Crippen LogP contribution in [0.25, 0.3) is 0 Å². The van der Waals surface area contributed by atoms with E-state index in [0.717, 1.165) is 6.54 Å². The van der Waals surface area contributed by atoms with E-state index in [0.29, 0.717) is 5.41 Å². The molecule has 2 heteroatoms. The van der Waals surface area contributed by atoms with Crippen molar-refractivity contribution in [2.75, 3.05) is 13.6 Å². The van der Waals surface area contributed by atoms with Crippen molar-refractivity contribution in [3.05, 3.63) is 0 Å². The molecule has 0 aliphatic carbocycles. The third-order valence-electron chi connectivity index (χ3n) is 0.692. The van der Waals surface area contributed by atoms with Crippen molar-refractivity contribution in [1.82, 2.24) is 4.42 Å². The fraction of sp³-hybridized carbons (Fsp3) is 1.00. The maximum absolute atomic E-state index is 5.60. The van der Waals surface area contributed by atoms with E-state index in [1.54, 1.807) is 4.42 Å². The topological polar surface area (TPSA) is 3.24 Å². The fourth-order valence-corrected chi connectivity index (χ4v) is 1.01. The van der Waals surface area contributed by atoms with Gasteiger partial charge in [-0.25, -0.2) is 4.42 Å². The molecule has 8 heavy (non-hydrogen) atoms. The summed E-state index contributed by atoms with van der Waals surface area (Å²) < 4.78 is 1.68. The van der Waals surface area contributed by atoms with Crippen molar-refractivity contribution >= 4 is 11.8 Å². The van der Waals surface area contributed by atoms with Crippen LogP contribution in [0.2, 0.25) is 0 Å². The zero-order valence-corrected chi connectivity index (χ0v) is 6.79. The van der Waals surface area contributed by atoms with Gasteiger partial charge in [-0.15, -0.1) is 0 Å². The minimum atomic E-state index is 0.316. The van der Waals surface area contributed by atoms with Crippen molar-refractivity contribution in [2.45, 2.75) is 20.8 Å². The third kappa shape index (κ3) is 6.25. The Morgan fingerprint density at radius 3 is 1.75 bits per heavy atom. The molecule has 0 aromatic carbocycles. The van der Waals surface area contributed by atoms with Crippen LogP contribution < -0.4 is 0 Å². The number of rotatable bonds is 1. The van der Waals surface area contributed by atoms with Gasteiger partial charge in [-0.2, -0.15) is 0 Å². The van der Waals surface area contributed by atoms with Gasteiger partial charge in [-0.1, -0.05) is 20.8 Å². The van der Waals surface area contributed by atoms with E-state index in [-0.39, 0.29) is 0 Å². The first-order valence-corrected chi connectivity index (χ1v) is 3.12. The van der Waals surface area contributed by atoms with Gasteiger partial charge >= 0.3 is 0 Å². The monoisotopic (exact) mass is 135 g/mol. The molecule has 0 N–H and O–H groups in total. The van der Waals surface area contributed by atoms with Crippen LogP contribution >= 0.6 is 11.8 Å². The Kier molecular flexibility index (Phi) is 2.78. The molecule has 0 amide bonds. The SMILES string of the molecule is CN(Cl)CC(C)(C)C. The molecule has 0 heterocycles. The fourth-order valence-electron chi connectivity index (χ4n) is 0.654. The number of halogens is 1. The quantitative estimate of drug-likeness (QED) is 0.498. The molecule has 0 aromatic rings. The van der Waals surface area contributed by atoms with Crippen LogP contribution in [0.15, 0.2) is 0 Å². The van der Waals surface area contributed by atoms with Gasteiger partial charge in [0.05, 0.1) is 0 Å². The van der Waals surface area contributed by atoms with Crippen LogP contribution in [0.3, 0.4) is 0 Å². The van der Waals surface area contributed by atoms with Gasteiger partial charge in [0.1, 0.15) is 0 Å². The van der Waals surface area contributed by atoms with Gasteiger partial charge in [0, 0.05) is 13.6 Å². The summed E-state index contributed by atoms with van der Waals surface area (Å²) >= 11 is 5.60. The van der Waals surface area contributed by atoms with Crippen LogP contribution in [0.4, 0.5) is 0 Å². The average molecular weight is 136 g/mol. The predicted octanol–water partition coefficient (Wildman–Crippen LogP) is 2.12. The molecule has 0 atom stereocenters. The number of hydrogen-bond acceptors (Lipinski definition) is 1. The highest BCUT2D eigenvalue weighted by Gasteiger charge is 2.11. The Bertz CT molecular complexity index is 63.4. The Labute approximate surface area is 56.7 Å². The average Bonchev–Trinajstić information content (AvgIpc) is 1.21. The normalized spacial score (nSPS) is 12.8. The van der Waals surface area contributed by atoms with Crippen LogP contribution in [0.1, 0.15) is 20.8 Å². The molecule has 0 fully saturated rings. The summed E-state index contributed by atoms with van der Waals surface area (Å²) in [6.07, 6.45) is 0. The summed E-state index contributed by atoms with van der Waals surface area (Å²) in [5, 5.41) is 0. The first kappa shape index (κ1) is 8.25. The molecule has 0 aliphatic rings. The summed E-state index contributed by atoms with van der Waals surface area (Å²) in [5.41, 5.74) is 0.316. The first-order valence-electron chi connectivity index (χ1n) is 2.79. The molecule has 0 spiro atoms. The summed E-state index contributed by atoms with van der Waals surface area (Å²) in [6, 6.07) is 0. The summed E-state index contributed by atoms with van der Waals surface area (Å²) in [5.74, 6) is 0. The molecular formula is C6H14ClN. The van der Waals surface area contributed by atoms with E-state index in [2.05, 4.69) is 20.8 Å². The molecule has 0 aliphatic heterocycles. The molecule has 0 aromatic heterocycles. The zero-order chi connectivity index (χ0) is 6.78. The lowest BCUT2D eigenvalue weighted by Crippen LogP contribution is -2.21. The van der Waals surface area contributed by atoms with Crippen molar-refractivity contribution in [3.8, 4) is 0 Å². The standard InChI is InChI=1S/C6H14ClN/c1-6(2,3)5-8(4)7/h5H2,1-4H3. The minimum absolute atomic E-state index is 0.316. The van der Waals surface area contributed by atoms with Gasteiger partial charge in [-0.3, -0.25) is 0 Å². The molecule has 0 bridgehead atoms. The lowest BCUT2D eigenvalue weighted by Gasteiger charge is -2.20. The molecule has 0 unspecified atom stereocenters. The highest BCUT2D eigenvalue weighted by molar-refractivity contribution is 6.13. The molecule has 0 saturated carbocycles. The molecule has 0 rings (SSSR count). The Morgan fingerprint density at radius 2 is 1.75 bits per heavy atom. The first-order chi connectivity index (χ1) is 3.42. The maximum atomic E-state index is 5.60. The lowest BCUT2D eigenvalue weighted by molar-refractivity contribution is 0.321. The lowest BCUT2D eigenvalue weighted by atomic mass is 9.97. The Morgan fingerprint density at radius 1 is 1.38 bits per heavy atom. The van der Waals surface area contributed by atoms with Crippen molar-refractivity contribution in [2.24, 2.45) is 5.41 Å². The number of nitrogens with zero attached hydrogens (tertiary/aromatic N) is 1. The second-order valence-electron chi connectivity index (χ2n) is 3.32. The number of hydrogen-bond donors (Lipinski definition) is 0. The highest BCUT2D eigenvalue weighted by Crippen LogP contribution is 2.14. The van der Waals surface area contributed by atoms with Gasteiger partial charge in [0.25, 0.3) is 0 Å². The zero-order valence-electron chi connectivity index (χ0n) is 6.03. The van der Waals surface area contributed by atoms with E-state index >= 15 is 0 Å². The van der Waals surface area contributed by atoms with E-state index in [1.807, 2.05) is 7.05 Å². The van der Waals surface area contributed by atoms with Gasteiger partial charge in [0.15, 0.2) is 0 Å². The second-order valence-corrected chi connectivity index (χ2v) is 3.90.